The zero-order valence-corrected chi connectivity index (χ0v) is 18.4. The Morgan fingerprint density at radius 2 is 1.94 bits per heavy atom. The lowest BCUT2D eigenvalue weighted by molar-refractivity contribution is 0.0723. The summed E-state index contributed by atoms with van der Waals surface area (Å²) in [5.41, 5.74) is 3.11. The molecule has 2 aromatic heterocycles. The van der Waals surface area contributed by atoms with Crippen LogP contribution in [0.1, 0.15) is 27.3 Å². The topological polar surface area (TPSA) is 101 Å². The molecular weight excluding hydrogens is 444 g/mol. The van der Waals surface area contributed by atoms with Gasteiger partial charge in [-0.3, -0.25) is 9.59 Å². The zero-order valence-electron chi connectivity index (χ0n) is 17.7. The minimum Gasteiger partial charge on any atom is -0.505 e. The minimum atomic E-state index is -0.528. The number of nitrogens with zero attached hydrogens (tertiary/aromatic N) is 4. The standard InChI is InChI=1S/C24H19ClN4O4/c1-14-3-2-4-17(11-14)29-21(31)12-20(30)22(26-29)24(32)28-10-9-19-18(13-28)23(33-27-19)15-5-7-16(25)8-6-15/h2-8,11-12,30H,9-10,13H2,1H3. The molecule has 2 aromatic carbocycles. The van der Waals surface area contributed by atoms with Crippen LogP contribution >= 0.6 is 11.6 Å². The number of carbonyl (C=O) groups is 1. The molecule has 1 amide bonds. The molecule has 166 valence electrons. The molecule has 33 heavy (non-hydrogen) atoms. The first-order valence-corrected chi connectivity index (χ1v) is 10.7. The normalized spacial score (nSPS) is 13.1. The second-order valence-corrected chi connectivity index (χ2v) is 8.32. The second-order valence-electron chi connectivity index (χ2n) is 7.89. The van der Waals surface area contributed by atoms with Gasteiger partial charge in [0.25, 0.3) is 11.5 Å². The molecule has 3 heterocycles. The molecule has 0 saturated heterocycles. The summed E-state index contributed by atoms with van der Waals surface area (Å²) in [5.74, 6) is -0.369. The monoisotopic (exact) mass is 462 g/mol. The van der Waals surface area contributed by atoms with Gasteiger partial charge in [-0.15, -0.1) is 0 Å². The van der Waals surface area contributed by atoms with Crippen LogP contribution in [0.2, 0.25) is 5.02 Å². The van der Waals surface area contributed by atoms with E-state index in [0.717, 1.165) is 33.1 Å². The van der Waals surface area contributed by atoms with E-state index in [-0.39, 0.29) is 12.2 Å². The molecule has 0 atom stereocenters. The summed E-state index contributed by atoms with van der Waals surface area (Å²) in [6.45, 7) is 2.51. The molecule has 5 rings (SSSR count). The molecule has 1 aliphatic rings. The van der Waals surface area contributed by atoms with Crippen LogP contribution < -0.4 is 5.56 Å². The van der Waals surface area contributed by atoms with Crippen LogP contribution in [-0.4, -0.2) is 37.4 Å². The molecule has 0 aliphatic carbocycles. The van der Waals surface area contributed by atoms with Crippen LogP contribution in [0.25, 0.3) is 17.0 Å². The van der Waals surface area contributed by atoms with Gasteiger partial charge in [-0.25, -0.2) is 0 Å². The highest BCUT2D eigenvalue weighted by molar-refractivity contribution is 6.30. The van der Waals surface area contributed by atoms with Crippen LogP contribution in [-0.2, 0) is 13.0 Å². The number of hydrogen-bond donors (Lipinski definition) is 1. The van der Waals surface area contributed by atoms with Crippen LogP contribution in [0.15, 0.2) is 63.9 Å². The summed E-state index contributed by atoms with van der Waals surface area (Å²) in [7, 11) is 0. The van der Waals surface area contributed by atoms with Gasteiger partial charge in [-0.1, -0.05) is 28.9 Å². The number of rotatable bonds is 3. The average Bonchev–Trinajstić information content (AvgIpc) is 3.22. The number of aryl methyl sites for hydroxylation is 1. The van der Waals surface area contributed by atoms with Crippen molar-refractivity contribution in [3.05, 3.63) is 92.5 Å². The predicted octanol–water partition coefficient (Wildman–Crippen LogP) is 3.75. The van der Waals surface area contributed by atoms with E-state index in [9.17, 15) is 14.7 Å². The van der Waals surface area contributed by atoms with Crippen molar-refractivity contribution in [2.75, 3.05) is 6.54 Å². The number of carbonyl (C=O) groups excluding carboxylic acids is 1. The summed E-state index contributed by atoms with van der Waals surface area (Å²) < 4.78 is 6.68. The number of hydrogen-bond acceptors (Lipinski definition) is 6. The molecule has 0 spiro atoms. The molecule has 4 aromatic rings. The largest absolute Gasteiger partial charge is 0.505 e. The number of aromatic nitrogens is 3. The fourth-order valence-corrected chi connectivity index (χ4v) is 4.03. The van der Waals surface area contributed by atoms with Crippen molar-refractivity contribution in [1.82, 2.24) is 19.8 Å². The van der Waals surface area contributed by atoms with Gasteiger partial charge in [-0.05, 0) is 48.9 Å². The van der Waals surface area contributed by atoms with Crippen LogP contribution in [0, 0.1) is 6.92 Å². The Bertz CT molecular complexity index is 1430. The third-order valence-electron chi connectivity index (χ3n) is 5.59. The summed E-state index contributed by atoms with van der Waals surface area (Å²) >= 11 is 5.99. The number of halogens is 1. The minimum absolute atomic E-state index is 0.191. The van der Waals surface area contributed by atoms with Gasteiger partial charge in [0.2, 0.25) is 0 Å². The van der Waals surface area contributed by atoms with Crippen molar-refractivity contribution in [2.24, 2.45) is 0 Å². The van der Waals surface area contributed by atoms with E-state index in [2.05, 4.69) is 10.3 Å². The van der Waals surface area contributed by atoms with Crippen molar-refractivity contribution in [1.29, 1.82) is 0 Å². The molecule has 9 heteroatoms. The van der Waals surface area contributed by atoms with E-state index in [1.807, 2.05) is 25.1 Å². The third-order valence-corrected chi connectivity index (χ3v) is 5.84. The van der Waals surface area contributed by atoms with Gasteiger partial charge < -0.3 is 14.5 Å². The highest BCUT2D eigenvalue weighted by Gasteiger charge is 2.30. The maximum atomic E-state index is 13.3. The van der Waals surface area contributed by atoms with Crippen molar-refractivity contribution >= 4 is 17.5 Å². The summed E-state index contributed by atoms with van der Waals surface area (Å²) in [4.78, 5) is 27.3. The maximum Gasteiger partial charge on any atom is 0.278 e. The molecule has 1 N–H and O–H groups in total. The molecule has 0 bridgehead atoms. The van der Waals surface area contributed by atoms with Crippen molar-refractivity contribution < 1.29 is 14.4 Å². The van der Waals surface area contributed by atoms with Gasteiger partial charge in [0.1, 0.15) is 0 Å². The number of benzene rings is 2. The van der Waals surface area contributed by atoms with E-state index < -0.39 is 17.2 Å². The van der Waals surface area contributed by atoms with E-state index in [1.54, 1.807) is 35.2 Å². The smallest absolute Gasteiger partial charge is 0.278 e. The molecule has 1 aliphatic heterocycles. The summed E-state index contributed by atoms with van der Waals surface area (Å²) in [5, 5.41) is 19.3. The maximum absolute atomic E-state index is 13.3. The lowest BCUT2D eigenvalue weighted by Crippen LogP contribution is -2.37. The Morgan fingerprint density at radius 3 is 2.70 bits per heavy atom. The predicted molar refractivity (Wildman–Crippen MR) is 122 cm³/mol. The fraction of sp³-hybridized carbons (Fsp3) is 0.167. The highest BCUT2D eigenvalue weighted by Crippen LogP contribution is 2.32. The van der Waals surface area contributed by atoms with Crippen molar-refractivity contribution in [3.8, 4) is 22.8 Å². The van der Waals surface area contributed by atoms with Crippen LogP contribution in [0.3, 0.4) is 0 Å². The van der Waals surface area contributed by atoms with Crippen LogP contribution in [0.4, 0.5) is 0 Å². The average molecular weight is 463 g/mol. The van der Waals surface area contributed by atoms with Crippen molar-refractivity contribution in [2.45, 2.75) is 19.9 Å². The third kappa shape index (κ3) is 3.89. The summed E-state index contributed by atoms with van der Waals surface area (Å²) in [6, 6.07) is 15.4. The molecule has 0 radical (unpaired) electrons. The Balaban J connectivity index is 1.48. The number of amides is 1. The van der Waals surface area contributed by atoms with Crippen LogP contribution in [0.5, 0.6) is 5.75 Å². The van der Waals surface area contributed by atoms with E-state index in [0.29, 0.717) is 29.4 Å². The van der Waals surface area contributed by atoms with E-state index in [1.165, 1.54) is 0 Å². The molecule has 0 unspecified atom stereocenters. The molecule has 0 saturated carbocycles. The molecule has 0 fully saturated rings. The SMILES string of the molecule is Cc1cccc(-n2nc(C(=O)N3CCc4noc(-c5ccc(Cl)cc5)c4C3)c(O)cc2=O)c1. The van der Waals surface area contributed by atoms with Gasteiger partial charge in [0.15, 0.2) is 17.2 Å². The number of aromatic hydroxyl groups is 1. The van der Waals surface area contributed by atoms with E-state index >= 15 is 0 Å². The number of fused-ring (bicyclic) bond motifs is 1. The highest BCUT2D eigenvalue weighted by atomic mass is 35.5. The summed E-state index contributed by atoms with van der Waals surface area (Å²) in [6.07, 6.45) is 0.496. The first-order valence-electron chi connectivity index (χ1n) is 10.3. The first-order chi connectivity index (χ1) is 15.9. The first kappa shape index (κ1) is 21.0. The Kier molecular flexibility index (Phi) is 5.22. The Labute approximate surface area is 193 Å². The van der Waals surface area contributed by atoms with Gasteiger partial charge in [0.05, 0.1) is 17.9 Å². The Morgan fingerprint density at radius 1 is 1.15 bits per heavy atom. The zero-order chi connectivity index (χ0) is 23.1. The lowest BCUT2D eigenvalue weighted by Gasteiger charge is -2.26. The lowest BCUT2D eigenvalue weighted by atomic mass is 10.0. The molecule has 8 nitrogen and oxygen atoms in total. The Hall–Kier alpha value is -3.91. The van der Waals surface area contributed by atoms with Gasteiger partial charge in [-0.2, -0.15) is 9.78 Å². The quantitative estimate of drug-likeness (QED) is 0.497. The van der Waals surface area contributed by atoms with E-state index in [4.69, 9.17) is 16.1 Å². The van der Waals surface area contributed by atoms with Gasteiger partial charge >= 0.3 is 0 Å². The second kappa shape index (κ2) is 8.22. The molecular formula is C24H19ClN4O4. The fourth-order valence-electron chi connectivity index (χ4n) is 3.91. The van der Waals surface area contributed by atoms with Crippen molar-refractivity contribution in [3.63, 3.8) is 0 Å². The van der Waals surface area contributed by atoms with Gasteiger partial charge in [0, 0.05) is 35.2 Å².